The fourth-order valence-electron chi connectivity index (χ4n) is 1.13. The minimum atomic E-state index is -0.613. The Labute approximate surface area is 80.9 Å². The zero-order chi connectivity index (χ0) is 10.7. The van der Waals surface area contributed by atoms with Gasteiger partial charge in [0, 0.05) is 7.05 Å². The van der Waals surface area contributed by atoms with E-state index in [1.165, 1.54) is 13.2 Å². The lowest BCUT2D eigenvalue weighted by molar-refractivity contribution is 0.0600. The molecule has 0 aromatic heterocycles. The quantitative estimate of drug-likeness (QED) is 0.554. The third kappa shape index (κ3) is 1.76. The highest BCUT2D eigenvalue weighted by Gasteiger charge is 2.12. The number of hydrogen-bond donors (Lipinski definition) is 2. The molecule has 0 bridgehead atoms. The van der Waals surface area contributed by atoms with Crippen molar-refractivity contribution in [3.05, 3.63) is 23.5 Å². The van der Waals surface area contributed by atoms with E-state index in [4.69, 9.17) is 5.73 Å². The second-order valence-electron chi connectivity index (χ2n) is 2.66. The summed E-state index contributed by atoms with van der Waals surface area (Å²) < 4.78 is 17.7. The molecule has 5 heteroatoms. The van der Waals surface area contributed by atoms with Crippen LogP contribution in [-0.4, -0.2) is 20.1 Å². The van der Waals surface area contributed by atoms with Crippen molar-refractivity contribution >= 4 is 17.3 Å². The average molecular weight is 198 g/mol. The average Bonchev–Trinajstić information content (AvgIpc) is 2.16. The molecule has 0 aliphatic heterocycles. The van der Waals surface area contributed by atoms with Crippen LogP contribution in [0.5, 0.6) is 0 Å². The van der Waals surface area contributed by atoms with E-state index in [0.717, 1.165) is 6.07 Å². The number of rotatable bonds is 2. The molecule has 0 amide bonds. The number of nitrogens with one attached hydrogen (secondary N) is 1. The molecule has 0 saturated heterocycles. The van der Waals surface area contributed by atoms with Crippen LogP contribution in [0.4, 0.5) is 15.8 Å². The van der Waals surface area contributed by atoms with Crippen molar-refractivity contribution in [1.29, 1.82) is 0 Å². The fraction of sp³-hybridized carbons (Fsp3) is 0.222. The van der Waals surface area contributed by atoms with Crippen LogP contribution in [0.25, 0.3) is 0 Å². The molecule has 0 saturated carbocycles. The van der Waals surface area contributed by atoms with Crippen molar-refractivity contribution in [1.82, 2.24) is 0 Å². The molecule has 1 aromatic carbocycles. The van der Waals surface area contributed by atoms with Gasteiger partial charge in [-0.2, -0.15) is 0 Å². The molecule has 76 valence electrons. The predicted molar refractivity (Wildman–Crippen MR) is 51.7 cm³/mol. The Hall–Kier alpha value is -1.78. The Bertz CT molecular complexity index is 343. The first-order chi connectivity index (χ1) is 6.60. The molecule has 0 unspecified atom stereocenters. The Morgan fingerprint density at radius 2 is 2.21 bits per heavy atom. The van der Waals surface area contributed by atoms with Gasteiger partial charge in [0.05, 0.1) is 24.0 Å². The molecule has 0 spiro atoms. The van der Waals surface area contributed by atoms with E-state index in [1.807, 2.05) is 0 Å². The van der Waals surface area contributed by atoms with Crippen molar-refractivity contribution in [3.8, 4) is 0 Å². The summed E-state index contributed by atoms with van der Waals surface area (Å²) in [5.74, 6) is -1.19. The van der Waals surface area contributed by atoms with Crippen LogP contribution in [0.15, 0.2) is 12.1 Å². The Balaban J connectivity index is 3.20. The maximum atomic E-state index is 13.3. The molecule has 0 aliphatic carbocycles. The first-order valence-corrected chi connectivity index (χ1v) is 3.95. The maximum absolute atomic E-state index is 13.3. The largest absolute Gasteiger partial charge is 0.465 e. The van der Waals surface area contributed by atoms with Gasteiger partial charge in [-0.1, -0.05) is 0 Å². The van der Waals surface area contributed by atoms with Gasteiger partial charge in [-0.25, -0.2) is 9.18 Å². The molecule has 3 N–H and O–H groups in total. The minimum absolute atomic E-state index is 0.0986. The van der Waals surface area contributed by atoms with Crippen molar-refractivity contribution in [3.63, 3.8) is 0 Å². The normalized spacial score (nSPS) is 9.64. The second kappa shape index (κ2) is 3.95. The summed E-state index contributed by atoms with van der Waals surface area (Å²) >= 11 is 0. The number of nitrogens with two attached hydrogens (primary N) is 1. The van der Waals surface area contributed by atoms with E-state index < -0.39 is 11.8 Å². The SMILES string of the molecule is CNc1c(N)cc(C(=O)OC)cc1F. The molecule has 0 radical (unpaired) electrons. The maximum Gasteiger partial charge on any atom is 0.338 e. The topological polar surface area (TPSA) is 64.3 Å². The van der Waals surface area contributed by atoms with E-state index in [-0.39, 0.29) is 16.9 Å². The lowest BCUT2D eigenvalue weighted by Crippen LogP contribution is -2.06. The van der Waals surface area contributed by atoms with Crippen LogP contribution in [0, 0.1) is 5.82 Å². The zero-order valence-corrected chi connectivity index (χ0v) is 7.93. The van der Waals surface area contributed by atoms with E-state index in [1.54, 1.807) is 7.05 Å². The number of carbonyl (C=O) groups is 1. The third-order valence-electron chi connectivity index (χ3n) is 1.79. The smallest absolute Gasteiger partial charge is 0.338 e. The van der Waals surface area contributed by atoms with Crippen molar-refractivity contribution in [2.75, 3.05) is 25.2 Å². The number of ether oxygens (including phenoxy) is 1. The van der Waals surface area contributed by atoms with Gasteiger partial charge in [0.2, 0.25) is 0 Å². The summed E-state index contributed by atoms with van der Waals surface area (Å²) in [6, 6.07) is 2.44. The molecular weight excluding hydrogens is 187 g/mol. The molecule has 0 fully saturated rings. The van der Waals surface area contributed by atoms with Gasteiger partial charge in [0.25, 0.3) is 0 Å². The number of nitrogen functional groups attached to an aromatic ring is 1. The first-order valence-electron chi connectivity index (χ1n) is 3.95. The summed E-state index contributed by atoms with van der Waals surface area (Å²) in [5, 5.41) is 2.60. The highest BCUT2D eigenvalue weighted by molar-refractivity contribution is 5.92. The van der Waals surface area contributed by atoms with Crippen molar-refractivity contribution in [2.24, 2.45) is 0 Å². The highest BCUT2D eigenvalue weighted by atomic mass is 19.1. The predicted octanol–water partition coefficient (Wildman–Crippen LogP) is 1.24. The molecule has 1 rings (SSSR count). The summed E-state index contributed by atoms with van der Waals surface area (Å²) in [5.41, 5.74) is 5.97. The van der Waals surface area contributed by atoms with Gasteiger partial charge in [0.1, 0.15) is 5.82 Å². The number of halogens is 1. The molecule has 4 nitrogen and oxygen atoms in total. The van der Waals surface area contributed by atoms with Gasteiger partial charge in [-0.15, -0.1) is 0 Å². The summed E-state index contributed by atoms with van der Waals surface area (Å²) in [4.78, 5) is 11.1. The molecule has 0 atom stereocenters. The molecular formula is C9H11FN2O2. The summed E-state index contributed by atoms with van der Waals surface area (Å²) in [6.07, 6.45) is 0. The van der Waals surface area contributed by atoms with Crippen LogP contribution in [0.1, 0.15) is 10.4 Å². The lowest BCUT2D eigenvalue weighted by Gasteiger charge is -2.08. The number of carbonyl (C=O) groups excluding carboxylic acids is 1. The first kappa shape index (κ1) is 10.3. The Morgan fingerprint density at radius 1 is 1.57 bits per heavy atom. The van der Waals surface area contributed by atoms with Crippen LogP contribution in [0.3, 0.4) is 0 Å². The monoisotopic (exact) mass is 198 g/mol. The third-order valence-corrected chi connectivity index (χ3v) is 1.79. The number of anilines is 2. The van der Waals surface area contributed by atoms with E-state index in [9.17, 15) is 9.18 Å². The number of hydrogen-bond acceptors (Lipinski definition) is 4. The van der Waals surface area contributed by atoms with Gasteiger partial charge >= 0.3 is 5.97 Å². The van der Waals surface area contributed by atoms with Crippen molar-refractivity contribution in [2.45, 2.75) is 0 Å². The number of methoxy groups -OCH3 is 1. The van der Waals surface area contributed by atoms with Gasteiger partial charge in [0.15, 0.2) is 0 Å². The van der Waals surface area contributed by atoms with E-state index in [0.29, 0.717) is 0 Å². The summed E-state index contributed by atoms with van der Waals surface area (Å²) in [7, 11) is 2.77. The van der Waals surface area contributed by atoms with E-state index in [2.05, 4.69) is 10.1 Å². The van der Waals surface area contributed by atoms with Crippen LogP contribution < -0.4 is 11.1 Å². The fourth-order valence-corrected chi connectivity index (χ4v) is 1.13. The molecule has 0 aliphatic rings. The molecule has 14 heavy (non-hydrogen) atoms. The lowest BCUT2D eigenvalue weighted by atomic mass is 10.1. The zero-order valence-electron chi connectivity index (χ0n) is 7.93. The van der Waals surface area contributed by atoms with Gasteiger partial charge in [-0.05, 0) is 12.1 Å². The van der Waals surface area contributed by atoms with Gasteiger partial charge in [-0.3, -0.25) is 0 Å². The van der Waals surface area contributed by atoms with Crippen LogP contribution in [0.2, 0.25) is 0 Å². The summed E-state index contributed by atoms with van der Waals surface area (Å²) in [6.45, 7) is 0. The van der Waals surface area contributed by atoms with Gasteiger partial charge < -0.3 is 15.8 Å². The number of benzene rings is 1. The number of esters is 1. The van der Waals surface area contributed by atoms with Crippen LogP contribution in [-0.2, 0) is 4.74 Å². The Kier molecular flexibility index (Phi) is 2.91. The van der Waals surface area contributed by atoms with Crippen molar-refractivity contribution < 1.29 is 13.9 Å². The Morgan fingerprint density at radius 3 is 2.64 bits per heavy atom. The minimum Gasteiger partial charge on any atom is -0.465 e. The molecule has 1 aromatic rings. The highest BCUT2D eigenvalue weighted by Crippen LogP contribution is 2.23. The standard InChI is InChI=1S/C9H11FN2O2/c1-12-8-6(10)3-5(4-7(8)11)9(13)14-2/h3-4,12H,11H2,1-2H3. The van der Waals surface area contributed by atoms with E-state index >= 15 is 0 Å². The second-order valence-corrected chi connectivity index (χ2v) is 2.66. The van der Waals surface area contributed by atoms with Crippen LogP contribution >= 0.6 is 0 Å². The molecule has 0 heterocycles.